The van der Waals surface area contributed by atoms with E-state index in [0.717, 1.165) is 84.3 Å². The maximum Gasteiger partial charge on any atom is 0.119 e. The lowest BCUT2D eigenvalue weighted by atomic mass is 10.1. The number of azo groups is 2. The Morgan fingerprint density at radius 2 is 0.750 bits per heavy atom. The van der Waals surface area contributed by atoms with Gasteiger partial charge in [-0.15, -0.1) is 0 Å². The maximum atomic E-state index is 5.69. The van der Waals surface area contributed by atoms with Crippen molar-refractivity contribution in [1.82, 2.24) is 0 Å². The zero-order chi connectivity index (χ0) is 27.8. The zero-order valence-corrected chi connectivity index (χ0v) is 23.2. The Morgan fingerprint density at radius 3 is 1.05 bits per heavy atom. The molecule has 0 aliphatic rings. The molecule has 4 rings (SSSR count). The summed E-state index contributed by atoms with van der Waals surface area (Å²) in [5.41, 5.74) is 5.35. The van der Waals surface area contributed by atoms with Gasteiger partial charge in [0.15, 0.2) is 0 Å². The van der Waals surface area contributed by atoms with Gasteiger partial charge in [0.2, 0.25) is 0 Å². The number of nitrogens with zero attached hydrogens (tertiary/aromatic N) is 4. The van der Waals surface area contributed by atoms with Crippen molar-refractivity contribution in [1.29, 1.82) is 0 Å². The molecule has 0 N–H and O–H groups in total. The van der Waals surface area contributed by atoms with E-state index in [9.17, 15) is 0 Å². The van der Waals surface area contributed by atoms with E-state index in [1.165, 1.54) is 0 Å². The van der Waals surface area contributed by atoms with Gasteiger partial charge in [-0.05, 0) is 96.8 Å². The minimum absolute atomic E-state index is 0.737. The molecule has 0 aliphatic heterocycles. The third kappa shape index (κ3) is 9.62. The minimum atomic E-state index is 0.737. The highest BCUT2D eigenvalue weighted by atomic mass is 16.5. The molecule has 4 aromatic rings. The third-order valence-corrected chi connectivity index (χ3v) is 6.02. The monoisotopic (exact) mass is 532 g/mol. The SMILES string of the molecule is CCCCOc1ccc(N=Nc2ccc(/C=C/c3ccc(N=Nc4ccc(OCCCC)cc4)cc3)cc2)cc1. The quantitative estimate of drug-likeness (QED) is 0.0920. The standard InChI is InChI=1S/C34H36N4O2/c1-3-5-25-39-33-21-17-31(18-22-33)37-35-29-13-9-27(10-14-29)7-8-28-11-15-30(16-12-28)36-38-32-19-23-34(24-20-32)40-26-6-4-2/h7-24H,3-6,25-26H2,1-2H3/b8-7+,37-35?,38-36?. The molecule has 0 bridgehead atoms. The summed E-state index contributed by atoms with van der Waals surface area (Å²) >= 11 is 0. The normalized spacial score (nSPS) is 11.6. The molecule has 0 atom stereocenters. The lowest BCUT2D eigenvalue weighted by Crippen LogP contribution is -1.95. The topological polar surface area (TPSA) is 67.9 Å². The molecule has 0 heterocycles. The van der Waals surface area contributed by atoms with Crippen LogP contribution in [0.4, 0.5) is 22.7 Å². The second-order valence-corrected chi connectivity index (χ2v) is 9.31. The maximum absolute atomic E-state index is 5.69. The molecular formula is C34H36N4O2. The van der Waals surface area contributed by atoms with Crippen LogP contribution in [0.5, 0.6) is 11.5 Å². The third-order valence-electron chi connectivity index (χ3n) is 6.02. The van der Waals surface area contributed by atoms with Crippen LogP contribution in [0.1, 0.15) is 50.7 Å². The van der Waals surface area contributed by atoms with Gasteiger partial charge in [0.25, 0.3) is 0 Å². The van der Waals surface area contributed by atoms with Crippen LogP contribution >= 0.6 is 0 Å². The molecule has 6 heteroatoms. The summed E-state index contributed by atoms with van der Waals surface area (Å²) in [5, 5.41) is 17.3. The predicted octanol–water partition coefficient (Wildman–Crippen LogP) is 11.0. The Morgan fingerprint density at radius 1 is 0.450 bits per heavy atom. The van der Waals surface area contributed by atoms with Crippen LogP contribution < -0.4 is 9.47 Å². The fraction of sp³-hybridized carbons (Fsp3) is 0.235. The van der Waals surface area contributed by atoms with E-state index in [4.69, 9.17) is 9.47 Å². The average Bonchev–Trinajstić information content (AvgIpc) is 3.00. The summed E-state index contributed by atoms with van der Waals surface area (Å²) in [6.07, 6.45) is 8.48. The van der Waals surface area contributed by atoms with E-state index >= 15 is 0 Å². The Kier molecular flexibility index (Phi) is 11.2. The predicted molar refractivity (Wildman–Crippen MR) is 164 cm³/mol. The smallest absolute Gasteiger partial charge is 0.119 e. The summed E-state index contributed by atoms with van der Waals surface area (Å²) in [7, 11) is 0. The highest BCUT2D eigenvalue weighted by molar-refractivity contribution is 5.70. The largest absolute Gasteiger partial charge is 0.494 e. The first-order valence-electron chi connectivity index (χ1n) is 13.9. The number of unbranched alkanes of at least 4 members (excludes halogenated alkanes) is 2. The average molecular weight is 533 g/mol. The van der Waals surface area contributed by atoms with Gasteiger partial charge in [-0.1, -0.05) is 63.1 Å². The van der Waals surface area contributed by atoms with E-state index in [1.807, 2.05) is 97.1 Å². The van der Waals surface area contributed by atoms with Gasteiger partial charge >= 0.3 is 0 Å². The summed E-state index contributed by atoms with van der Waals surface area (Å²) in [4.78, 5) is 0. The molecule has 40 heavy (non-hydrogen) atoms. The fourth-order valence-corrected chi connectivity index (χ4v) is 3.61. The molecular weight excluding hydrogens is 496 g/mol. The lowest BCUT2D eigenvalue weighted by molar-refractivity contribution is 0.309. The van der Waals surface area contributed by atoms with Crippen LogP contribution in [0.2, 0.25) is 0 Å². The Bertz CT molecular complexity index is 1270. The number of benzene rings is 4. The van der Waals surface area contributed by atoms with Gasteiger partial charge in [0.1, 0.15) is 11.5 Å². The number of ether oxygens (including phenoxy) is 2. The summed E-state index contributed by atoms with van der Waals surface area (Å²) in [5.74, 6) is 1.72. The van der Waals surface area contributed by atoms with Crippen molar-refractivity contribution in [3.8, 4) is 11.5 Å². The van der Waals surface area contributed by atoms with Crippen molar-refractivity contribution in [2.45, 2.75) is 39.5 Å². The molecule has 0 aromatic heterocycles. The first kappa shape index (κ1) is 28.4. The summed E-state index contributed by atoms with van der Waals surface area (Å²) < 4.78 is 11.4. The van der Waals surface area contributed by atoms with Crippen molar-refractivity contribution in [2.24, 2.45) is 20.5 Å². The van der Waals surface area contributed by atoms with Crippen LogP contribution in [-0.4, -0.2) is 13.2 Å². The fourth-order valence-electron chi connectivity index (χ4n) is 3.61. The first-order chi connectivity index (χ1) is 19.7. The number of hydrogen-bond acceptors (Lipinski definition) is 6. The van der Waals surface area contributed by atoms with E-state index < -0.39 is 0 Å². The van der Waals surface area contributed by atoms with Crippen LogP contribution in [0.15, 0.2) is 118 Å². The highest BCUT2D eigenvalue weighted by Crippen LogP contribution is 2.24. The molecule has 0 radical (unpaired) electrons. The van der Waals surface area contributed by atoms with Gasteiger partial charge in [-0.25, -0.2) is 0 Å². The van der Waals surface area contributed by atoms with Gasteiger partial charge in [0, 0.05) is 0 Å². The molecule has 0 saturated carbocycles. The lowest BCUT2D eigenvalue weighted by Gasteiger charge is -2.04. The second-order valence-electron chi connectivity index (χ2n) is 9.31. The minimum Gasteiger partial charge on any atom is -0.494 e. The van der Waals surface area contributed by atoms with Gasteiger partial charge in [-0.3, -0.25) is 0 Å². The molecule has 0 unspecified atom stereocenters. The van der Waals surface area contributed by atoms with Crippen LogP contribution in [0.25, 0.3) is 12.2 Å². The number of hydrogen-bond donors (Lipinski definition) is 0. The Labute approximate surface area is 237 Å². The molecule has 0 fully saturated rings. The van der Waals surface area contributed by atoms with E-state index in [2.05, 4.69) is 46.5 Å². The van der Waals surface area contributed by atoms with E-state index in [-0.39, 0.29) is 0 Å². The molecule has 6 nitrogen and oxygen atoms in total. The molecule has 0 amide bonds. The van der Waals surface area contributed by atoms with Gasteiger partial charge in [0.05, 0.1) is 36.0 Å². The van der Waals surface area contributed by atoms with E-state index in [0.29, 0.717) is 0 Å². The molecule has 0 saturated heterocycles. The number of rotatable bonds is 14. The van der Waals surface area contributed by atoms with Gasteiger partial charge in [-0.2, -0.15) is 20.5 Å². The Hall–Kier alpha value is -4.58. The Balaban J connectivity index is 1.26. The van der Waals surface area contributed by atoms with E-state index in [1.54, 1.807) is 0 Å². The van der Waals surface area contributed by atoms with Crippen LogP contribution in [0, 0.1) is 0 Å². The molecule has 204 valence electrons. The van der Waals surface area contributed by atoms with Crippen molar-refractivity contribution in [3.63, 3.8) is 0 Å². The molecule has 0 spiro atoms. The van der Waals surface area contributed by atoms with Crippen molar-refractivity contribution >= 4 is 34.9 Å². The van der Waals surface area contributed by atoms with Crippen molar-refractivity contribution < 1.29 is 9.47 Å². The highest BCUT2D eigenvalue weighted by Gasteiger charge is 1.97. The first-order valence-corrected chi connectivity index (χ1v) is 13.9. The molecule has 4 aromatic carbocycles. The van der Waals surface area contributed by atoms with Gasteiger partial charge < -0.3 is 9.47 Å². The van der Waals surface area contributed by atoms with Crippen molar-refractivity contribution in [3.05, 3.63) is 108 Å². The summed E-state index contributed by atoms with van der Waals surface area (Å²) in [6.45, 7) is 5.77. The van der Waals surface area contributed by atoms with Crippen LogP contribution in [0.3, 0.4) is 0 Å². The van der Waals surface area contributed by atoms with Crippen molar-refractivity contribution in [2.75, 3.05) is 13.2 Å². The zero-order valence-electron chi connectivity index (χ0n) is 23.2. The second kappa shape index (κ2) is 15.7. The summed E-state index contributed by atoms with van der Waals surface area (Å²) in [6, 6.07) is 31.3. The molecule has 0 aliphatic carbocycles. The van der Waals surface area contributed by atoms with Crippen LogP contribution in [-0.2, 0) is 0 Å².